The molecule has 0 saturated heterocycles. The van der Waals surface area contributed by atoms with E-state index in [0.29, 0.717) is 28.6 Å². The third-order valence-electron chi connectivity index (χ3n) is 4.56. The molecule has 6 nitrogen and oxygen atoms in total. The molecule has 170 valence electrons. The number of alkyl halides is 3. The number of hydrogen-bond donors (Lipinski definition) is 3. The van der Waals surface area contributed by atoms with Gasteiger partial charge in [0, 0.05) is 30.0 Å². The number of amides is 2. The number of urea groups is 1. The van der Waals surface area contributed by atoms with E-state index in [2.05, 4.69) is 16.0 Å². The first kappa shape index (κ1) is 24.2. The maximum Gasteiger partial charge on any atom is 0.390 e. The summed E-state index contributed by atoms with van der Waals surface area (Å²) in [4.78, 5) is 12.1. The smallest absolute Gasteiger partial charge is 0.390 e. The monoisotopic (exact) mass is 439 g/mol. The molecule has 0 unspecified atom stereocenters. The number of anilines is 2. The lowest BCUT2D eigenvalue weighted by Gasteiger charge is -2.16. The second-order valence-corrected chi connectivity index (χ2v) is 6.90. The molecule has 0 fully saturated rings. The van der Waals surface area contributed by atoms with Crippen molar-refractivity contribution in [1.82, 2.24) is 5.32 Å². The molecule has 2 amide bonds. The number of hydrogen-bond acceptors (Lipinski definition) is 4. The summed E-state index contributed by atoms with van der Waals surface area (Å²) in [5.74, 6) is 1.35. The fraction of sp³-hybridized carbons (Fsp3) is 0.409. The highest BCUT2D eigenvalue weighted by atomic mass is 19.4. The zero-order valence-electron chi connectivity index (χ0n) is 17.8. The van der Waals surface area contributed by atoms with Gasteiger partial charge in [-0.3, -0.25) is 0 Å². The van der Waals surface area contributed by atoms with Crippen molar-refractivity contribution in [3.63, 3.8) is 0 Å². The van der Waals surface area contributed by atoms with Crippen LogP contribution in [0.1, 0.15) is 33.1 Å². The molecule has 2 aromatic rings. The summed E-state index contributed by atoms with van der Waals surface area (Å²) < 4.78 is 47.8. The predicted molar refractivity (Wildman–Crippen MR) is 115 cm³/mol. The van der Waals surface area contributed by atoms with Crippen LogP contribution >= 0.6 is 0 Å². The molecule has 0 atom stereocenters. The van der Waals surface area contributed by atoms with Crippen LogP contribution in [0.3, 0.4) is 0 Å². The van der Waals surface area contributed by atoms with Crippen LogP contribution in [-0.4, -0.2) is 31.9 Å². The second kappa shape index (κ2) is 11.3. The van der Waals surface area contributed by atoms with E-state index in [1.807, 2.05) is 13.8 Å². The normalized spacial score (nSPS) is 11.2. The topological polar surface area (TPSA) is 71.6 Å². The summed E-state index contributed by atoms with van der Waals surface area (Å²) >= 11 is 0. The van der Waals surface area contributed by atoms with E-state index in [1.54, 1.807) is 42.5 Å². The Kier molecular flexibility index (Phi) is 8.84. The Bertz CT molecular complexity index is 838. The van der Waals surface area contributed by atoms with Crippen LogP contribution in [0.5, 0.6) is 17.2 Å². The van der Waals surface area contributed by atoms with Gasteiger partial charge in [0.05, 0.1) is 13.5 Å². The van der Waals surface area contributed by atoms with E-state index < -0.39 is 12.6 Å². The average molecular weight is 439 g/mol. The molecule has 0 spiro atoms. The molecule has 0 aliphatic heterocycles. The van der Waals surface area contributed by atoms with Gasteiger partial charge in [-0.25, -0.2) is 4.79 Å². The van der Waals surface area contributed by atoms with Crippen molar-refractivity contribution in [3.05, 3.63) is 42.5 Å². The molecule has 0 heterocycles. The summed E-state index contributed by atoms with van der Waals surface area (Å²) in [5.41, 5.74) is 1.11. The Morgan fingerprint density at radius 2 is 1.65 bits per heavy atom. The van der Waals surface area contributed by atoms with Gasteiger partial charge in [0.1, 0.15) is 5.75 Å². The highest BCUT2D eigenvalue weighted by Crippen LogP contribution is 2.34. The van der Waals surface area contributed by atoms with Gasteiger partial charge in [0.2, 0.25) is 0 Å². The van der Waals surface area contributed by atoms with Crippen molar-refractivity contribution in [2.75, 3.05) is 24.3 Å². The van der Waals surface area contributed by atoms with E-state index >= 15 is 0 Å². The number of benzene rings is 2. The highest BCUT2D eigenvalue weighted by Gasteiger charge is 2.26. The number of carbonyl (C=O) groups excluding carboxylic acids is 1. The number of carbonyl (C=O) groups is 1. The van der Waals surface area contributed by atoms with Crippen molar-refractivity contribution in [3.8, 4) is 17.2 Å². The third-order valence-corrected chi connectivity index (χ3v) is 4.56. The minimum absolute atomic E-state index is 0.107. The molecule has 0 bridgehead atoms. The lowest BCUT2D eigenvalue weighted by Crippen LogP contribution is -2.37. The van der Waals surface area contributed by atoms with Crippen molar-refractivity contribution in [1.29, 1.82) is 0 Å². The van der Waals surface area contributed by atoms with E-state index in [-0.39, 0.29) is 18.6 Å². The Morgan fingerprint density at radius 3 is 2.23 bits per heavy atom. The molecular weight excluding hydrogens is 411 g/mol. The number of halogens is 3. The molecule has 0 aliphatic carbocycles. The van der Waals surface area contributed by atoms with Gasteiger partial charge in [-0.05, 0) is 49.2 Å². The largest absolute Gasteiger partial charge is 0.493 e. The number of ether oxygens (including phenoxy) is 2. The lowest BCUT2D eigenvalue weighted by molar-refractivity contribution is -0.131. The van der Waals surface area contributed by atoms with Crippen LogP contribution in [0.15, 0.2) is 42.5 Å². The number of nitrogens with one attached hydrogen (secondary N) is 3. The Labute approximate surface area is 180 Å². The van der Waals surface area contributed by atoms with Crippen LogP contribution < -0.4 is 25.4 Å². The molecular formula is C22H28F3N3O3. The Hall–Kier alpha value is -3.10. The van der Waals surface area contributed by atoms with E-state index in [4.69, 9.17) is 9.47 Å². The molecule has 0 aliphatic rings. The van der Waals surface area contributed by atoms with Crippen LogP contribution in [-0.2, 0) is 0 Å². The van der Waals surface area contributed by atoms with Crippen molar-refractivity contribution in [2.45, 2.75) is 45.3 Å². The predicted octanol–water partition coefficient (Wildman–Crippen LogP) is 6.16. The first-order valence-corrected chi connectivity index (χ1v) is 10.1. The summed E-state index contributed by atoms with van der Waals surface area (Å²) in [7, 11) is 1.49. The summed E-state index contributed by atoms with van der Waals surface area (Å²) in [6.07, 6.45) is -3.41. The minimum atomic E-state index is -4.19. The zero-order valence-corrected chi connectivity index (χ0v) is 17.8. The van der Waals surface area contributed by atoms with Gasteiger partial charge < -0.3 is 25.4 Å². The number of rotatable bonds is 10. The van der Waals surface area contributed by atoms with E-state index in [0.717, 1.165) is 12.8 Å². The van der Waals surface area contributed by atoms with Gasteiger partial charge in [-0.15, -0.1) is 0 Å². The van der Waals surface area contributed by atoms with Crippen LogP contribution in [0, 0.1) is 0 Å². The van der Waals surface area contributed by atoms with Gasteiger partial charge in [-0.2, -0.15) is 13.2 Å². The van der Waals surface area contributed by atoms with Crippen molar-refractivity contribution >= 4 is 17.4 Å². The standard InChI is InChI=1S/C22H28F3N3O3/c1-4-15(5-2)27-21(29)28-17-8-11-19(20(14-17)30-3)31-18-9-6-16(7-10-18)26-13-12-22(23,24)25/h6-11,14-15,26H,4-5,12-13H2,1-3H3,(H2,27,28,29). The first-order chi connectivity index (χ1) is 14.7. The molecule has 31 heavy (non-hydrogen) atoms. The quantitative estimate of drug-likeness (QED) is 0.414. The van der Waals surface area contributed by atoms with Crippen LogP contribution in [0.25, 0.3) is 0 Å². The SMILES string of the molecule is CCC(CC)NC(=O)Nc1ccc(Oc2ccc(NCCC(F)(F)F)cc2)c(OC)c1. The van der Waals surface area contributed by atoms with E-state index in [1.165, 1.54) is 7.11 Å². The van der Waals surface area contributed by atoms with Gasteiger partial charge >= 0.3 is 12.2 Å². The Morgan fingerprint density at radius 1 is 1.00 bits per heavy atom. The maximum atomic E-state index is 12.2. The number of methoxy groups -OCH3 is 1. The molecule has 0 radical (unpaired) electrons. The summed E-state index contributed by atoms with van der Waals surface area (Å²) in [5, 5.41) is 8.38. The highest BCUT2D eigenvalue weighted by molar-refractivity contribution is 5.89. The van der Waals surface area contributed by atoms with E-state index in [9.17, 15) is 18.0 Å². The van der Waals surface area contributed by atoms with Crippen molar-refractivity contribution < 1.29 is 27.4 Å². The fourth-order valence-electron chi connectivity index (χ4n) is 2.79. The molecule has 0 saturated carbocycles. The molecule has 2 rings (SSSR count). The third kappa shape index (κ3) is 8.27. The van der Waals surface area contributed by atoms with Gasteiger partial charge in [0.25, 0.3) is 0 Å². The zero-order chi connectivity index (χ0) is 22.9. The Balaban J connectivity index is 1.98. The summed E-state index contributed by atoms with van der Waals surface area (Å²) in [6, 6.07) is 11.4. The maximum absolute atomic E-state index is 12.2. The van der Waals surface area contributed by atoms with Gasteiger partial charge in [0.15, 0.2) is 11.5 Å². The minimum Gasteiger partial charge on any atom is -0.493 e. The van der Waals surface area contributed by atoms with Crippen LogP contribution in [0.2, 0.25) is 0 Å². The lowest BCUT2D eigenvalue weighted by atomic mass is 10.2. The second-order valence-electron chi connectivity index (χ2n) is 6.90. The molecule has 3 N–H and O–H groups in total. The first-order valence-electron chi connectivity index (χ1n) is 10.1. The molecule has 2 aromatic carbocycles. The van der Waals surface area contributed by atoms with Gasteiger partial charge in [-0.1, -0.05) is 13.8 Å². The van der Waals surface area contributed by atoms with Crippen molar-refractivity contribution in [2.24, 2.45) is 0 Å². The fourth-order valence-corrected chi connectivity index (χ4v) is 2.79. The molecule has 0 aromatic heterocycles. The summed E-state index contributed by atoms with van der Waals surface area (Å²) in [6.45, 7) is 3.82. The average Bonchev–Trinajstić information content (AvgIpc) is 2.73. The van der Waals surface area contributed by atoms with Crippen LogP contribution in [0.4, 0.5) is 29.3 Å². The molecule has 9 heteroatoms.